The Kier molecular flexibility index (Phi) is 4.43. The van der Waals surface area contributed by atoms with E-state index in [0.717, 1.165) is 0 Å². The summed E-state index contributed by atoms with van der Waals surface area (Å²) in [6, 6.07) is 12.5. The Labute approximate surface area is 165 Å². The molecule has 0 saturated heterocycles. The van der Waals surface area contributed by atoms with Crippen molar-refractivity contribution in [2.24, 2.45) is 0 Å². The molecule has 0 amide bonds. The molecule has 7 heteroatoms. The van der Waals surface area contributed by atoms with Crippen molar-refractivity contribution in [3.63, 3.8) is 0 Å². The lowest BCUT2D eigenvalue weighted by molar-refractivity contribution is -0.135. The number of rotatable bonds is 4. The number of benzene rings is 2. The SMILES string of the molecule is CC(=O)c1ccc2c(c1O)[C@H](c1ccc(-c3ccc(C(=O)O)cc3)o1)CC(=O)O2. The number of hydrogen-bond donors (Lipinski definition) is 2. The zero-order valence-corrected chi connectivity index (χ0v) is 15.3. The van der Waals surface area contributed by atoms with E-state index in [0.29, 0.717) is 22.6 Å². The molecule has 0 fully saturated rings. The van der Waals surface area contributed by atoms with Crippen LogP contribution in [0, 0.1) is 0 Å². The summed E-state index contributed by atoms with van der Waals surface area (Å²) in [5.41, 5.74) is 1.30. The molecule has 0 saturated carbocycles. The summed E-state index contributed by atoms with van der Waals surface area (Å²) in [5.74, 6) is -1.53. The molecule has 0 aliphatic carbocycles. The van der Waals surface area contributed by atoms with E-state index in [4.69, 9.17) is 14.3 Å². The zero-order chi connectivity index (χ0) is 20.7. The molecule has 1 aliphatic heterocycles. The third-order valence-corrected chi connectivity index (χ3v) is 4.89. The summed E-state index contributed by atoms with van der Waals surface area (Å²) in [7, 11) is 0. The molecule has 3 aromatic rings. The van der Waals surface area contributed by atoms with E-state index in [1.165, 1.54) is 31.2 Å². The van der Waals surface area contributed by atoms with Crippen molar-refractivity contribution in [2.75, 3.05) is 0 Å². The Balaban J connectivity index is 1.75. The van der Waals surface area contributed by atoms with Gasteiger partial charge in [0.15, 0.2) is 5.78 Å². The molecular weight excluding hydrogens is 376 g/mol. The number of carbonyl (C=O) groups excluding carboxylic acids is 2. The average Bonchev–Trinajstić information content (AvgIpc) is 3.17. The van der Waals surface area contributed by atoms with Gasteiger partial charge < -0.3 is 19.4 Å². The van der Waals surface area contributed by atoms with E-state index >= 15 is 0 Å². The van der Waals surface area contributed by atoms with E-state index in [1.54, 1.807) is 24.3 Å². The number of ether oxygens (including phenoxy) is 1. The van der Waals surface area contributed by atoms with Gasteiger partial charge in [-0.05, 0) is 43.3 Å². The van der Waals surface area contributed by atoms with Gasteiger partial charge in [0.2, 0.25) is 0 Å². The van der Waals surface area contributed by atoms with Crippen LogP contribution in [-0.2, 0) is 4.79 Å². The van der Waals surface area contributed by atoms with Crippen LogP contribution in [0.1, 0.15) is 51.3 Å². The van der Waals surface area contributed by atoms with Gasteiger partial charge in [-0.2, -0.15) is 0 Å². The van der Waals surface area contributed by atoms with Crippen molar-refractivity contribution in [1.29, 1.82) is 0 Å². The van der Waals surface area contributed by atoms with E-state index in [9.17, 15) is 19.5 Å². The Bertz CT molecular complexity index is 1140. The van der Waals surface area contributed by atoms with Crippen LogP contribution in [0.5, 0.6) is 11.5 Å². The second-order valence-electron chi connectivity index (χ2n) is 6.75. The summed E-state index contributed by atoms with van der Waals surface area (Å²) >= 11 is 0. The van der Waals surface area contributed by atoms with Crippen LogP contribution >= 0.6 is 0 Å². The van der Waals surface area contributed by atoms with Crippen molar-refractivity contribution >= 4 is 17.7 Å². The molecule has 2 heterocycles. The number of carbonyl (C=O) groups is 3. The molecule has 0 spiro atoms. The minimum absolute atomic E-state index is 0.0488. The summed E-state index contributed by atoms with van der Waals surface area (Å²) in [6.45, 7) is 1.34. The predicted molar refractivity (Wildman–Crippen MR) is 101 cm³/mol. The van der Waals surface area contributed by atoms with Gasteiger partial charge in [0.05, 0.1) is 23.5 Å². The molecular formula is C22H16O7. The number of aromatic hydroxyl groups is 1. The summed E-state index contributed by atoms with van der Waals surface area (Å²) in [6.07, 6.45) is -0.0488. The number of hydrogen-bond acceptors (Lipinski definition) is 6. The normalized spacial score (nSPS) is 15.5. The molecule has 1 aliphatic rings. The van der Waals surface area contributed by atoms with Crippen LogP contribution in [-0.4, -0.2) is 27.9 Å². The number of aromatic carboxylic acids is 1. The molecule has 7 nitrogen and oxygen atoms in total. The van der Waals surface area contributed by atoms with Crippen LogP contribution in [0.25, 0.3) is 11.3 Å². The van der Waals surface area contributed by atoms with Gasteiger partial charge in [-0.15, -0.1) is 0 Å². The van der Waals surface area contributed by atoms with E-state index < -0.39 is 17.9 Å². The quantitative estimate of drug-likeness (QED) is 0.392. The molecule has 0 bridgehead atoms. The third kappa shape index (κ3) is 3.27. The number of Topliss-reactive ketones (excluding diaryl/α,β-unsaturated/α-hetero) is 1. The monoisotopic (exact) mass is 392 g/mol. The van der Waals surface area contributed by atoms with Crippen LogP contribution in [0.2, 0.25) is 0 Å². The van der Waals surface area contributed by atoms with Crippen molar-refractivity contribution in [3.8, 4) is 22.8 Å². The first kappa shape index (κ1) is 18.5. The number of fused-ring (bicyclic) bond motifs is 1. The predicted octanol–water partition coefficient (Wildman–Crippen LogP) is 3.99. The smallest absolute Gasteiger partial charge is 0.335 e. The number of ketones is 1. The van der Waals surface area contributed by atoms with Gasteiger partial charge in [0.25, 0.3) is 0 Å². The molecule has 29 heavy (non-hydrogen) atoms. The number of carboxylic acids is 1. The summed E-state index contributed by atoms with van der Waals surface area (Å²) in [5, 5.41) is 19.6. The van der Waals surface area contributed by atoms with E-state index in [2.05, 4.69) is 0 Å². The molecule has 1 atom stereocenters. The molecule has 0 radical (unpaired) electrons. The Hall–Kier alpha value is -3.87. The second kappa shape index (κ2) is 6.94. The maximum absolute atomic E-state index is 12.0. The minimum Gasteiger partial charge on any atom is -0.507 e. The first-order valence-corrected chi connectivity index (χ1v) is 8.86. The number of phenolic OH excluding ortho intramolecular Hbond substituents is 1. The van der Waals surface area contributed by atoms with E-state index in [-0.39, 0.29) is 34.8 Å². The number of phenols is 1. The maximum Gasteiger partial charge on any atom is 0.335 e. The minimum atomic E-state index is -1.02. The van der Waals surface area contributed by atoms with Gasteiger partial charge >= 0.3 is 11.9 Å². The number of esters is 1. The largest absolute Gasteiger partial charge is 0.507 e. The summed E-state index contributed by atoms with van der Waals surface area (Å²) in [4.78, 5) is 34.8. The standard InChI is InChI=1S/C22H16O7/c1-11(23)14-6-7-18-20(21(14)25)15(10-19(24)29-18)17-9-8-16(28-17)12-2-4-13(5-3-12)22(26)27/h2-9,15,25H,10H2,1H3,(H,26,27)/t15-/m0/s1. The van der Waals surface area contributed by atoms with Crippen LogP contribution < -0.4 is 4.74 Å². The van der Waals surface area contributed by atoms with Crippen molar-refractivity contribution in [1.82, 2.24) is 0 Å². The zero-order valence-electron chi connectivity index (χ0n) is 15.3. The van der Waals surface area contributed by atoms with Crippen molar-refractivity contribution < 1.29 is 33.8 Å². The third-order valence-electron chi connectivity index (χ3n) is 4.89. The lowest BCUT2D eigenvalue weighted by atomic mass is 9.88. The Morgan fingerprint density at radius 1 is 1.03 bits per heavy atom. The second-order valence-corrected chi connectivity index (χ2v) is 6.75. The number of furan rings is 1. The highest BCUT2D eigenvalue weighted by atomic mass is 16.5. The van der Waals surface area contributed by atoms with E-state index in [1.807, 2.05) is 0 Å². The first-order valence-electron chi connectivity index (χ1n) is 8.86. The average molecular weight is 392 g/mol. The highest BCUT2D eigenvalue weighted by Gasteiger charge is 2.34. The van der Waals surface area contributed by atoms with Crippen molar-refractivity contribution in [2.45, 2.75) is 19.3 Å². The molecule has 146 valence electrons. The van der Waals surface area contributed by atoms with Gasteiger partial charge in [0.1, 0.15) is 23.0 Å². The summed E-state index contributed by atoms with van der Waals surface area (Å²) < 4.78 is 11.1. The van der Waals surface area contributed by atoms with Gasteiger partial charge in [-0.25, -0.2) is 4.79 Å². The van der Waals surface area contributed by atoms with Crippen LogP contribution in [0.3, 0.4) is 0 Å². The molecule has 4 rings (SSSR count). The van der Waals surface area contributed by atoms with Crippen LogP contribution in [0.15, 0.2) is 52.9 Å². The fourth-order valence-electron chi connectivity index (χ4n) is 3.45. The van der Waals surface area contributed by atoms with Gasteiger partial charge in [-0.3, -0.25) is 9.59 Å². The number of carboxylic acid groups (broad SMARTS) is 1. The molecule has 2 aromatic carbocycles. The van der Waals surface area contributed by atoms with Crippen LogP contribution in [0.4, 0.5) is 0 Å². The van der Waals surface area contributed by atoms with Gasteiger partial charge in [0, 0.05) is 11.1 Å². The molecule has 1 aromatic heterocycles. The topological polar surface area (TPSA) is 114 Å². The first-order chi connectivity index (χ1) is 13.8. The highest BCUT2D eigenvalue weighted by Crippen LogP contribution is 2.46. The maximum atomic E-state index is 12.0. The van der Waals surface area contributed by atoms with Gasteiger partial charge in [-0.1, -0.05) is 12.1 Å². The molecule has 0 unspecified atom stereocenters. The van der Waals surface area contributed by atoms with Crippen molar-refractivity contribution in [3.05, 3.63) is 71.0 Å². The lowest BCUT2D eigenvalue weighted by Crippen LogP contribution is -2.21. The Morgan fingerprint density at radius 3 is 2.41 bits per heavy atom. The molecule has 2 N–H and O–H groups in total. The fourth-order valence-corrected chi connectivity index (χ4v) is 3.45. The fraction of sp³-hybridized carbons (Fsp3) is 0.136. The highest BCUT2D eigenvalue weighted by molar-refractivity contribution is 5.98. The Morgan fingerprint density at radius 2 is 1.76 bits per heavy atom. The lowest BCUT2D eigenvalue weighted by Gasteiger charge is -2.24.